The summed E-state index contributed by atoms with van der Waals surface area (Å²) < 4.78 is 17.5. The highest BCUT2D eigenvalue weighted by Gasteiger charge is 2.39. The zero-order chi connectivity index (χ0) is 23.8. The summed E-state index contributed by atoms with van der Waals surface area (Å²) in [4.78, 5) is 24.7. The van der Waals surface area contributed by atoms with E-state index in [0.29, 0.717) is 18.4 Å². The number of carbonyl (C=O) groups is 2. The van der Waals surface area contributed by atoms with Gasteiger partial charge in [-0.05, 0) is 53.0 Å². The second kappa shape index (κ2) is 11.8. The molecule has 178 valence electrons. The van der Waals surface area contributed by atoms with E-state index in [2.05, 4.69) is 6.92 Å². The van der Waals surface area contributed by atoms with Crippen molar-refractivity contribution in [2.75, 3.05) is 0 Å². The first-order chi connectivity index (χ1) is 15.0. The summed E-state index contributed by atoms with van der Waals surface area (Å²) in [5.74, 6) is -0.853. The predicted molar refractivity (Wildman–Crippen MR) is 127 cm³/mol. The highest BCUT2D eigenvalue weighted by atomic mass is 16.7. The fraction of sp³-hybridized carbons (Fsp3) is 0.630. The SMILES string of the molecule is CCCCC[C@@H]1OC(C)(C)O[C@@H]1/C=C/c1ccccc1C(=O)CCCC(=O)OC(C)(C)C. The van der Waals surface area contributed by atoms with Gasteiger partial charge in [0.05, 0.1) is 6.10 Å². The number of ether oxygens (including phenoxy) is 3. The van der Waals surface area contributed by atoms with Crippen LogP contribution < -0.4 is 0 Å². The maximum Gasteiger partial charge on any atom is 0.306 e. The van der Waals surface area contributed by atoms with Gasteiger partial charge in [-0.15, -0.1) is 0 Å². The molecule has 0 aliphatic carbocycles. The van der Waals surface area contributed by atoms with E-state index in [-0.39, 0.29) is 30.4 Å². The molecular formula is C27H40O5. The number of hydrogen-bond donors (Lipinski definition) is 0. The van der Waals surface area contributed by atoms with Crippen LogP contribution in [0.5, 0.6) is 0 Å². The molecule has 0 aromatic heterocycles. The third kappa shape index (κ3) is 8.87. The van der Waals surface area contributed by atoms with Crippen molar-refractivity contribution in [3.63, 3.8) is 0 Å². The smallest absolute Gasteiger partial charge is 0.306 e. The number of hydrogen-bond acceptors (Lipinski definition) is 5. The Balaban J connectivity index is 2.00. The molecule has 0 amide bonds. The summed E-state index contributed by atoms with van der Waals surface area (Å²) in [5.41, 5.74) is 1.01. The Kier molecular flexibility index (Phi) is 9.65. The van der Waals surface area contributed by atoms with Gasteiger partial charge in [-0.1, -0.05) is 62.6 Å². The molecule has 2 rings (SSSR count). The van der Waals surface area contributed by atoms with Gasteiger partial charge in [-0.3, -0.25) is 9.59 Å². The van der Waals surface area contributed by atoms with Crippen LogP contribution in [-0.4, -0.2) is 35.3 Å². The number of rotatable bonds is 11. The minimum atomic E-state index is -0.608. The molecule has 5 nitrogen and oxygen atoms in total. The summed E-state index contributed by atoms with van der Waals surface area (Å²) in [7, 11) is 0. The zero-order valence-electron chi connectivity index (χ0n) is 20.6. The molecule has 1 heterocycles. The Morgan fingerprint density at radius 2 is 1.78 bits per heavy atom. The first kappa shape index (κ1) is 26.3. The number of carbonyl (C=O) groups excluding carboxylic acids is 2. The minimum absolute atomic E-state index is 0.0180. The number of unbranched alkanes of at least 4 members (excludes halogenated alkanes) is 2. The van der Waals surface area contributed by atoms with E-state index < -0.39 is 11.4 Å². The van der Waals surface area contributed by atoms with Crippen molar-refractivity contribution in [1.29, 1.82) is 0 Å². The predicted octanol–water partition coefficient (Wildman–Crippen LogP) is 6.49. The van der Waals surface area contributed by atoms with Crippen LogP contribution >= 0.6 is 0 Å². The highest BCUT2D eigenvalue weighted by Crippen LogP contribution is 2.32. The van der Waals surface area contributed by atoms with Crippen LogP contribution in [0.15, 0.2) is 30.3 Å². The summed E-state index contributed by atoms with van der Waals surface area (Å²) in [5, 5.41) is 0. The largest absolute Gasteiger partial charge is 0.460 e. The third-order valence-corrected chi connectivity index (χ3v) is 5.25. The normalized spacial score (nSPS) is 20.6. The van der Waals surface area contributed by atoms with Crippen LogP contribution in [0.1, 0.15) is 102 Å². The lowest BCUT2D eigenvalue weighted by Gasteiger charge is -2.19. The van der Waals surface area contributed by atoms with Crippen LogP contribution in [0.3, 0.4) is 0 Å². The average Bonchev–Trinajstić information content (AvgIpc) is 2.99. The summed E-state index contributed by atoms with van der Waals surface area (Å²) in [6, 6.07) is 7.56. The van der Waals surface area contributed by atoms with Crippen molar-refractivity contribution >= 4 is 17.8 Å². The molecular weight excluding hydrogens is 404 g/mol. The molecule has 1 aromatic rings. The number of benzene rings is 1. The van der Waals surface area contributed by atoms with Gasteiger partial charge in [0, 0.05) is 18.4 Å². The second-order valence-electron chi connectivity index (χ2n) is 9.94. The van der Waals surface area contributed by atoms with Gasteiger partial charge in [0.15, 0.2) is 11.6 Å². The second-order valence-corrected chi connectivity index (χ2v) is 9.94. The molecule has 0 N–H and O–H groups in total. The third-order valence-electron chi connectivity index (χ3n) is 5.25. The topological polar surface area (TPSA) is 61.8 Å². The van der Waals surface area contributed by atoms with Crippen molar-refractivity contribution < 1.29 is 23.8 Å². The van der Waals surface area contributed by atoms with Gasteiger partial charge in [0.2, 0.25) is 0 Å². The fourth-order valence-corrected chi connectivity index (χ4v) is 3.86. The van der Waals surface area contributed by atoms with Gasteiger partial charge < -0.3 is 14.2 Å². The quantitative estimate of drug-likeness (QED) is 0.222. The highest BCUT2D eigenvalue weighted by molar-refractivity contribution is 5.99. The number of Topliss-reactive ketones (excluding diaryl/α,β-unsaturated/α-hetero) is 1. The van der Waals surface area contributed by atoms with Crippen molar-refractivity contribution in [3.8, 4) is 0 Å². The van der Waals surface area contributed by atoms with Crippen LogP contribution in [0.25, 0.3) is 6.08 Å². The molecule has 5 heteroatoms. The summed E-state index contributed by atoms with van der Waals surface area (Å²) >= 11 is 0. The maximum atomic E-state index is 12.8. The number of ketones is 1. The average molecular weight is 445 g/mol. The standard InChI is InChI=1S/C27H40O5/c1-7-8-9-16-23-24(31-27(5,6)30-23)19-18-20-13-10-11-14-21(20)22(28)15-12-17-25(29)32-26(2,3)4/h10-11,13-14,18-19,23-24H,7-9,12,15-17H2,1-6H3/b19-18+/t23-,24+/m0/s1. The van der Waals surface area contributed by atoms with Crippen LogP contribution in [-0.2, 0) is 19.0 Å². The number of esters is 1. The fourth-order valence-electron chi connectivity index (χ4n) is 3.86. The summed E-state index contributed by atoms with van der Waals surface area (Å²) in [6.45, 7) is 11.6. The Morgan fingerprint density at radius 3 is 2.47 bits per heavy atom. The van der Waals surface area contributed by atoms with Crippen LogP contribution in [0.2, 0.25) is 0 Å². The first-order valence-electron chi connectivity index (χ1n) is 11.9. The Bertz CT molecular complexity index is 787. The van der Waals surface area contributed by atoms with Gasteiger partial charge in [-0.2, -0.15) is 0 Å². The van der Waals surface area contributed by atoms with E-state index in [1.54, 1.807) is 0 Å². The molecule has 0 radical (unpaired) electrons. The lowest BCUT2D eigenvalue weighted by Crippen LogP contribution is -2.23. The molecule has 0 spiro atoms. The van der Waals surface area contributed by atoms with E-state index in [1.807, 2.05) is 71.0 Å². The van der Waals surface area contributed by atoms with Gasteiger partial charge >= 0.3 is 5.97 Å². The van der Waals surface area contributed by atoms with Crippen molar-refractivity contribution in [1.82, 2.24) is 0 Å². The van der Waals surface area contributed by atoms with Crippen LogP contribution in [0.4, 0.5) is 0 Å². The molecule has 1 saturated heterocycles. The summed E-state index contributed by atoms with van der Waals surface area (Å²) in [6.07, 6.45) is 9.28. The molecule has 1 aliphatic rings. The van der Waals surface area contributed by atoms with Crippen molar-refractivity contribution in [3.05, 3.63) is 41.5 Å². The first-order valence-corrected chi connectivity index (χ1v) is 11.9. The van der Waals surface area contributed by atoms with Crippen molar-refractivity contribution in [2.24, 2.45) is 0 Å². The molecule has 1 aliphatic heterocycles. The van der Waals surface area contributed by atoms with Gasteiger partial charge in [0.1, 0.15) is 11.7 Å². The van der Waals surface area contributed by atoms with Gasteiger partial charge in [0.25, 0.3) is 0 Å². The van der Waals surface area contributed by atoms with E-state index in [9.17, 15) is 9.59 Å². The van der Waals surface area contributed by atoms with Gasteiger partial charge in [-0.25, -0.2) is 0 Å². The molecule has 0 bridgehead atoms. The van der Waals surface area contributed by atoms with E-state index in [0.717, 1.165) is 18.4 Å². The minimum Gasteiger partial charge on any atom is -0.460 e. The maximum absolute atomic E-state index is 12.8. The molecule has 0 saturated carbocycles. The van der Waals surface area contributed by atoms with E-state index >= 15 is 0 Å². The van der Waals surface area contributed by atoms with E-state index in [1.165, 1.54) is 12.8 Å². The Hall–Kier alpha value is -1.98. The molecule has 32 heavy (non-hydrogen) atoms. The lowest BCUT2D eigenvalue weighted by molar-refractivity contribution is -0.154. The van der Waals surface area contributed by atoms with Crippen molar-refractivity contribution in [2.45, 2.75) is 110 Å². The molecule has 1 fully saturated rings. The molecule has 1 aromatic carbocycles. The Labute approximate surface area is 193 Å². The monoisotopic (exact) mass is 444 g/mol. The molecule has 2 atom stereocenters. The molecule has 0 unspecified atom stereocenters. The zero-order valence-corrected chi connectivity index (χ0v) is 20.6. The van der Waals surface area contributed by atoms with E-state index in [4.69, 9.17) is 14.2 Å². The van der Waals surface area contributed by atoms with Crippen LogP contribution in [0, 0.1) is 0 Å². The Morgan fingerprint density at radius 1 is 1.06 bits per heavy atom. The lowest BCUT2D eigenvalue weighted by atomic mass is 9.98.